The Kier molecular flexibility index (Phi) is 4.50. The zero-order valence-corrected chi connectivity index (χ0v) is 8.55. The number of nitrogens with zero attached hydrogens (tertiary/aromatic N) is 1. The van der Waals surface area contributed by atoms with Gasteiger partial charge in [-0.3, -0.25) is 9.79 Å². The number of benzene rings is 1. The number of aliphatic hydroxyl groups is 1. The van der Waals surface area contributed by atoms with Crippen LogP contribution in [0, 0.1) is 0 Å². The van der Waals surface area contributed by atoms with Crippen LogP contribution in [0.4, 0.5) is 0 Å². The molecular formula is C11H14N2O2. The highest BCUT2D eigenvalue weighted by molar-refractivity contribution is 5.86. The van der Waals surface area contributed by atoms with Gasteiger partial charge < -0.3 is 10.4 Å². The molecule has 1 atom stereocenters. The maximum atomic E-state index is 11.2. The number of nitrogens with one attached hydrogen (secondary N) is 1. The van der Waals surface area contributed by atoms with Crippen LogP contribution in [-0.2, 0) is 4.79 Å². The van der Waals surface area contributed by atoms with Crippen molar-refractivity contribution in [2.24, 2.45) is 4.99 Å². The first-order chi connectivity index (χ1) is 7.27. The lowest BCUT2D eigenvalue weighted by Gasteiger charge is -2.06. The zero-order valence-electron chi connectivity index (χ0n) is 8.55. The number of amides is 1. The van der Waals surface area contributed by atoms with E-state index < -0.39 is 6.04 Å². The Morgan fingerprint density at radius 3 is 2.73 bits per heavy atom. The first kappa shape index (κ1) is 11.4. The number of likely N-dealkylation sites (N-methyl/N-ethyl adjacent to an activating group) is 1. The molecule has 4 heteroatoms. The van der Waals surface area contributed by atoms with Gasteiger partial charge in [-0.25, -0.2) is 0 Å². The van der Waals surface area contributed by atoms with Gasteiger partial charge in [-0.2, -0.15) is 0 Å². The summed E-state index contributed by atoms with van der Waals surface area (Å²) in [6.45, 7) is -0.289. The van der Waals surface area contributed by atoms with E-state index in [1.54, 1.807) is 6.21 Å². The van der Waals surface area contributed by atoms with Crippen molar-refractivity contribution < 1.29 is 9.90 Å². The highest BCUT2D eigenvalue weighted by atomic mass is 16.3. The van der Waals surface area contributed by atoms with Crippen molar-refractivity contribution in [3.05, 3.63) is 35.9 Å². The minimum atomic E-state index is -0.727. The molecule has 1 rings (SSSR count). The molecule has 0 aliphatic rings. The summed E-state index contributed by atoms with van der Waals surface area (Å²) in [5.41, 5.74) is 0.903. The molecule has 0 radical (unpaired) electrons. The Labute approximate surface area is 88.7 Å². The Morgan fingerprint density at radius 1 is 1.53 bits per heavy atom. The Morgan fingerprint density at radius 2 is 2.20 bits per heavy atom. The van der Waals surface area contributed by atoms with Crippen molar-refractivity contribution in [1.29, 1.82) is 0 Å². The fourth-order valence-electron chi connectivity index (χ4n) is 1.08. The van der Waals surface area contributed by atoms with Crippen LogP contribution in [0.2, 0.25) is 0 Å². The first-order valence-electron chi connectivity index (χ1n) is 4.68. The summed E-state index contributed by atoms with van der Waals surface area (Å²) in [5, 5.41) is 11.4. The normalized spacial score (nSPS) is 12.7. The number of hydrogen-bond acceptors (Lipinski definition) is 3. The standard InChI is InChI=1S/C11H14N2O2/c1-12-11(15)10(8-14)13-7-9-5-3-2-4-6-9/h2-7,10,14H,8H2,1H3,(H,12,15)/b13-7+/t10-/m0/s1. The topological polar surface area (TPSA) is 61.7 Å². The smallest absolute Gasteiger partial charge is 0.246 e. The fourth-order valence-corrected chi connectivity index (χ4v) is 1.08. The minimum Gasteiger partial charge on any atom is -0.394 e. The van der Waals surface area contributed by atoms with Gasteiger partial charge in [0.15, 0.2) is 6.04 Å². The van der Waals surface area contributed by atoms with E-state index in [0.29, 0.717) is 0 Å². The minimum absolute atomic E-state index is 0.287. The van der Waals surface area contributed by atoms with Gasteiger partial charge in [0.05, 0.1) is 6.61 Å². The molecular weight excluding hydrogens is 192 g/mol. The average Bonchev–Trinajstić information content (AvgIpc) is 2.31. The number of hydrogen-bond donors (Lipinski definition) is 2. The molecule has 0 aliphatic carbocycles. The van der Waals surface area contributed by atoms with E-state index in [2.05, 4.69) is 10.3 Å². The predicted molar refractivity (Wildman–Crippen MR) is 59.0 cm³/mol. The average molecular weight is 206 g/mol. The van der Waals surface area contributed by atoms with Gasteiger partial charge in [0.25, 0.3) is 0 Å². The second-order valence-electron chi connectivity index (χ2n) is 3.00. The van der Waals surface area contributed by atoms with E-state index in [4.69, 9.17) is 5.11 Å². The molecule has 0 fully saturated rings. The number of aliphatic imine (C=N–C) groups is 1. The lowest BCUT2D eigenvalue weighted by Crippen LogP contribution is -2.33. The molecule has 0 saturated carbocycles. The molecule has 1 aromatic carbocycles. The monoisotopic (exact) mass is 206 g/mol. The van der Waals surface area contributed by atoms with E-state index in [1.165, 1.54) is 7.05 Å². The van der Waals surface area contributed by atoms with Crippen LogP contribution < -0.4 is 5.32 Å². The molecule has 0 heterocycles. The maximum absolute atomic E-state index is 11.2. The van der Waals surface area contributed by atoms with Crippen LogP contribution in [0.5, 0.6) is 0 Å². The summed E-state index contributed by atoms with van der Waals surface area (Å²) in [6.07, 6.45) is 1.58. The third kappa shape index (κ3) is 3.52. The van der Waals surface area contributed by atoms with Crippen molar-refractivity contribution >= 4 is 12.1 Å². The van der Waals surface area contributed by atoms with E-state index in [1.807, 2.05) is 30.3 Å². The largest absolute Gasteiger partial charge is 0.394 e. The quantitative estimate of drug-likeness (QED) is 0.692. The molecule has 1 aromatic rings. The molecule has 0 aromatic heterocycles. The van der Waals surface area contributed by atoms with E-state index >= 15 is 0 Å². The van der Waals surface area contributed by atoms with Gasteiger partial charge in [-0.1, -0.05) is 30.3 Å². The molecule has 0 unspecified atom stereocenters. The van der Waals surface area contributed by atoms with E-state index in [0.717, 1.165) is 5.56 Å². The third-order valence-corrected chi connectivity index (χ3v) is 1.93. The lowest BCUT2D eigenvalue weighted by molar-refractivity contribution is -0.122. The van der Waals surface area contributed by atoms with Gasteiger partial charge in [0.2, 0.25) is 5.91 Å². The SMILES string of the molecule is CNC(=O)[C@H](CO)/N=C/c1ccccc1. The maximum Gasteiger partial charge on any atom is 0.246 e. The van der Waals surface area contributed by atoms with Gasteiger partial charge in [0, 0.05) is 13.3 Å². The molecule has 0 spiro atoms. The highest BCUT2D eigenvalue weighted by Crippen LogP contribution is 1.96. The van der Waals surface area contributed by atoms with Crippen molar-refractivity contribution in [1.82, 2.24) is 5.32 Å². The van der Waals surface area contributed by atoms with Crippen molar-refractivity contribution in [2.75, 3.05) is 13.7 Å². The summed E-state index contributed by atoms with van der Waals surface area (Å²) in [5.74, 6) is -0.287. The van der Waals surface area contributed by atoms with Gasteiger partial charge >= 0.3 is 0 Å². The van der Waals surface area contributed by atoms with Crippen LogP contribution in [0.25, 0.3) is 0 Å². The summed E-state index contributed by atoms with van der Waals surface area (Å²) in [7, 11) is 1.52. The molecule has 15 heavy (non-hydrogen) atoms. The summed E-state index contributed by atoms with van der Waals surface area (Å²) < 4.78 is 0. The Hall–Kier alpha value is -1.68. The summed E-state index contributed by atoms with van der Waals surface area (Å²) >= 11 is 0. The van der Waals surface area contributed by atoms with Crippen LogP contribution >= 0.6 is 0 Å². The van der Waals surface area contributed by atoms with Crippen LogP contribution in [0.1, 0.15) is 5.56 Å². The Balaban J connectivity index is 2.67. The Bertz CT molecular complexity index is 336. The highest BCUT2D eigenvalue weighted by Gasteiger charge is 2.12. The fraction of sp³-hybridized carbons (Fsp3) is 0.273. The van der Waals surface area contributed by atoms with Gasteiger partial charge in [-0.05, 0) is 5.56 Å². The number of carbonyl (C=O) groups is 1. The molecule has 2 N–H and O–H groups in total. The predicted octanol–water partition coefficient (Wildman–Crippen LogP) is 0.212. The van der Waals surface area contributed by atoms with Crippen LogP contribution in [0.15, 0.2) is 35.3 Å². The zero-order chi connectivity index (χ0) is 11.1. The van der Waals surface area contributed by atoms with Gasteiger partial charge in [0.1, 0.15) is 0 Å². The second kappa shape index (κ2) is 5.93. The number of aliphatic hydroxyl groups excluding tert-OH is 1. The van der Waals surface area contributed by atoms with Crippen molar-refractivity contribution in [3.63, 3.8) is 0 Å². The summed E-state index contributed by atoms with van der Waals surface area (Å²) in [6, 6.07) is 8.70. The lowest BCUT2D eigenvalue weighted by atomic mass is 10.2. The molecule has 0 bridgehead atoms. The van der Waals surface area contributed by atoms with Crippen molar-refractivity contribution in [2.45, 2.75) is 6.04 Å². The molecule has 80 valence electrons. The van der Waals surface area contributed by atoms with Crippen molar-refractivity contribution in [3.8, 4) is 0 Å². The third-order valence-electron chi connectivity index (χ3n) is 1.93. The van der Waals surface area contributed by atoms with Crippen LogP contribution in [-0.4, -0.2) is 36.9 Å². The second-order valence-corrected chi connectivity index (χ2v) is 3.00. The van der Waals surface area contributed by atoms with Gasteiger partial charge in [-0.15, -0.1) is 0 Å². The molecule has 0 aliphatic heterocycles. The van der Waals surface area contributed by atoms with E-state index in [-0.39, 0.29) is 12.5 Å². The number of carbonyl (C=O) groups excluding carboxylic acids is 1. The molecule has 0 saturated heterocycles. The number of rotatable bonds is 4. The molecule has 4 nitrogen and oxygen atoms in total. The molecule has 1 amide bonds. The summed E-state index contributed by atoms with van der Waals surface area (Å²) in [4.78, 5) is 15.2. The first-order valence-corrected chi connectivity index (χ1v) is 4.68. The van der Waals surface area contributed by atoms with E-state index in [9.17, 15) is 4.79 Å². The van der Waals surface area contributed by atoms with Crippen LogP contribution in [0.3, 0.4) is 0 Å².